The Morgan fingerprint density at radius 3 is 2.73 bits per heavy atom. The molecule has 0 aliphatic carbocycles. The minimum absolute atomic E-state index is 0.0575. The summed E-state index contributed by atoms with van der Waals surface area (Å²) in [6.07, 6.45) is 3.09. The predicted molar refractivity (Wildman–Crippen MR) is 65.2 cm³/mol. The molecule has 0 aliphatic heterocycles. The van der Waals surface area contributed by atoms with Gasteiger partial charge in [0.2, 0.25) is 0 Å². The second kappa shape index (κ2) is 5.63. The van der Waals surface area contributed by atoms with E-state index in [0.717, 1.165) is 12.8 Å². The highest BCUT2D eigenvalue weighted by molar-refractivity contribution is 7.90. The summed E-state index contributed by atoms with van der Waals surface area (Å²) in [5, 5.41) is 5.09. The maximum absolute atomic E-state index is 11.1. The van der Waals surface area contributed by atoms with E-state index in [1.165, 1.54) is 11.1 Å². The number of sulfone groups is 1. The molecule has 0 spiro atoms. The number of rotatable bonds is 6. The Balaban J connectivity index is 2.41. The van der Waals surface area contributed by atoms with Gasteiger partial charge in [-0.3, -0.25) is 0 Å². The quantitative estimate of drug-likeness (QED) is 0.824. The highest BCUT2D eigenvalue weighted by Gasteiger charge is 2.13. The molecule has 1 unspecified atom stereocenters. The third-order valence-corrected chi connectivity index (χ3v) is 4.18. The minimum Gasteiger partial charge on any atom is -0.316 e. The van der Waals surface area contributed by atoms with Crippen molar-refractivity contribution in [2.45, 2.75) is 18.9 Å². The van der Waals surface area contributed by atoms with E-state index in [9.17, 15) is 8.42 Å². The molecule has 1 atom stereocenters. The Bertz CT molecular complexity index is 370. The van der Waals surface area contributed by atoms with Crippen LogP contribution in [-0.4, -0.2) is 33.5 Å². The fourth-order valence-corrected chi connectivity index (χ4v) is 3.24. The molecule has 1 aromatic heterocycles. The zero-order valence-electron chi connectivity index (χ0n) is 9.06. The molecule has 0 aliphatic rings. The number of thiophene rings is 1. The van der Waals surface area contributed by atoms with Crippen LogP contribution in [0.1, 0.15) is 11.3 Å². The summed E-state index contributed by atoms with van der Waals surface area (Å²) in [5.74, 6) is 0.217. The molecule has 0 fully saturated rings. The molecule has 1 rings (SSSR count). The summed E-state index contributed by atoms with van der Waals surface area (Å²) in [6, 6.07) is 4.16. The van der Waals surface area contributed by atoms with Crippen LogP contribution in [0.2, 0.25) is 0 Å². The number of aryl methyl sites for hydroxylation is 1. The molecule has 0 bridgehead atoms. The summed E-state index contributed by atoms with van der Waals surface area (Å²) >= 11 is 1.72. The number of nitrogens with one attached hydrogen (secondary N) is 1. The van der Waals surface area contributed by atoms with Crippen LogP contribution < -0.4 is 5.32 Å². The second-order valence-electron chi connectivity index (χ2n) is 3.70. The summed E-state index contributed by atoms with van der Waals surface area (Å²) < 4.78 is 22.2. The number of hydrogen-bond donors (Lipinski definition) is 1. The van der Waals surface area contributed by atoms with Crippen LogP contribution in [-0.2, 0) is 16.3 Å². The van der Waals surface area contributed by atoms with E-state index in [1.54, 1.807) is 11.3 Å². The molecular weight excluding hydrogens is 230 g/mol. The molecule has 1 aromatic rings. The van der Waals surface area contributed by atoms with Crippen molar-refractivity contribution >= 4 is 21.2 Å². The smallest absolute Gasteiger partial charge is 0.148 e. The van der Waals surface area contributed by atoms with Crippen molar-refractivity contribution in [3.8, 4) is 0 Å². The lowest BCUT2D eigenvalue weighted by molar-refractivity contribution is 0.545. The lowest BCUT2D eigenvalue weighted by Crippen LogP contribution is -2.33. The van der Waals surface area contributed by atoms with Crippen LogP contribution in [0.15, 0.2) is 17.5 Å². The van der Waals surface area contributed by atoms with E-state index in [1.807, 2.05) is 18.5 Å². The van der Waals surface area contributed by atoms with Gasteiger partial charge in [0.25, 0.3) is 0 Å². The standard InChI is InChI=1S/C10H17NO2S2/c1-11-9(8-15(2,12)13)5-6-10-4-3-7-14-10/h3-4,7,9,11H,5-6,8H2,1-2H3. The van der Waals surface area contributed by atoms with E-state index < -0.39 is 9.84 Å². The molecule has 0 saturated heterocycles. The third-order valence-electron chi connectivity index (χ3n) is 2.23. The van der Waals surface area contributed by atoms with Crippen molar-refractivity contribution in [2.75, 3.05) is 19.1 Å². The van der Waals surface area contributed by atoms with E-state index in [0.29, 0.717) is 0 Å². The maximum atomic E-state index is 11.1. The molecular formula is C10H17NO2S2. The molecule has 0 saturated carbocycles. The fraction of sp³-hybridized carbons (Fsp3) is 0.600. The van der Waals surface area contributed by atoms with Gasteiger partial charge < -0.3 is 5.32 Å². The lowest BCUT2D eigenvalue weighted by atomic mass is 10.1. The molecule has 86 valence electrons. The largest absolute Gasteiger partial charge is 0.316 e. The molecule has 5 heteroatoms. The summed E-state index contributed by atoms with van der Waals surface area (Å²) in [5.41, 5.74) is 0. The van der Waals surface area contributed by atoms with Gasteiger partial charge >= 0.3 is 0 Å². The first kappa shape index (κ1) is 12.7. The van der Waals surface area contributed by atoms with E-state index >= 15 is 0 Å². The van der Waals surface area contributed by atoms with Crippen LogP contribution in [0.3, 0.4) is 0 Å². The van der Waals surface area contributed by atoms with Crippen molar-refractivity contribution < 1.29 is 8.42 Å². The Morgan fingerprint density at radius 1 is 1.53 bits per heavy atom. The molecule has 15 heavy (non-hydrogen) atoms. The molecule has 0 radical (unpaired) electrons. The average Bonchev–Trinajstić information content (AvgIpc) is 2.62. The van der Waals surface area contributed by atoms with Gasteiger partial charge in [-0.1, -0.05) is 6.07 Å². The van der Waals surface area contributed by atoms with Gasteiger partial charge in [-0.25, -0.2) is 8.42 Å². The summed E-state index contributed by atoms with van der Waals surface area (Å²) in [4.78, 5) is 1.31. The lowest BCUT2D eigenvalue weighted by Gasteiger charge is -2.14. The zero-order valence-corrected chi connectivity index (χ0v) is 10.7. The highest BCUT2D eigenvalue weighted by atomic mass is 32.2. The SMILES string of the molecule is CNC(CCc1cccs1)CS(C)(=O)=O. The van der Waals surface area contributed by atoms with Gasteiger partial charge in [0, 0.05) is 17.2 Å². The molecule has 1 N–H and O–H groups in total. The summed E-state index contributed by atoms with van der Waals surface area (Å²) in [6.45, 7) is 0. The monoisotopic (exact) mass is 247 g/mol. The Hall–Kier alpha value is -0.390. The Morgan fingerprint density at radius 2 is 2.27 bits per heavy atom. The minimum atomic E-state index is -2.89. The first-order valence-corrected chi connectivity index (χ1v) is 7.82. The van der Waals surface area contributed by atoms with Crippen LogP contribution in [0.5, 0.6) is 0 Å². The fourth-order valence-electron chi connectivity index (χ4n) is 1.45. The molecule has 0 amide bonds. The van der Waals surface area contributed by atoms with Gasteiger partial charge in [-0.15, -0.1) is 11.3 Å². The first-order valence-electron chi connectivity index (χ1n) is 4.88. The van der Waals surface area contributed by atoms with Gasteiger partial charge in [-0.2, -0.15) is 0 Å². The van der Waals surface area contributed by atoms with Crippen molar-refractivity contribution in [2.24, 2.45) is 0 Å². The molecule has 0 aromatic carbocycles. The highest BCUT2D eigenvalue weighted by Crippen LogP contribution is 2.12. The van der Waals surface area contributed by atoms with Crippen molar-refractivity contribution in [3.05, 3.63) is 22.4 Å². The topological polar surface area (TPSA) is 46.2 Å². The van der Waals surface area contributed by atoms with Gasteiger partial charge in [0.05, 0.1) is 5.75 Å². The van der Waals surface area contributed by atoms with Gasteiger partial charge in [-0.05, 0) is 31.3 Å². The van der Waals surface area contributed by atoms with Crippen molar-refractivity contribution in [3.63, 3.8) is 0 Å². The normalized spacial score (nSPS) is 14.0. The first-order chi connectivity index (χ1) is 7.01. The van der Waals surface area contributed by atoms with Crippen LogP contribution in [0.4, 0.5) is 0 Å². The Kier molecular flexibility index (Phi) is 4.76. The second-order valence-corrected chi connectivity index (χ2v) is 6.91. The van der Waals surface area contributed by atoms with Gasteiger partial charge in [0.1, 0.15) is 9.84 Å². The molecule has 1 heterocycles. The van der Waals surface area contributed by atoms with Crippen LogP contribution in [0.25, 0.3) is 0 Å². The predicted octanol–water partition coefficient (Wildman–Crippen LogP) is 1.31. The summed E-state index contributed by atoms with van der Waals surface area (Å²) in [7, 11) is -1.08. The average molecular weight is 247 g/mol. The number of hydrogen-bond acceptors (Lipinski definition) is 4. The molecule has 3 nitrogen and oxygen atoms in total. The maximum Gasteiger partial charge on any atom is 0.148 e. The van der Waals surface area contributed by atoms with Gasteiger partial charge in [0.15, 0.2) is 0 Å². The zero-order chi connectivity index (χ0) is 11.3. The van der Waals surface area contributed by atoms with E-state index in [4.69, 9.17) is 0 Å². The Labute approximate surface area is 95.4 Å². The van der Waals surface area contributed by atoms with Crippen molar-refractivity contribution in [1.82, 2.24) is 5.32 Å². The van der Waals surface area contributed by atoms with Crippen molar-refractivity contribution in [1.29, 1.82) is 0 Å². The third kappa shape index (κ3) is 5.30. The van der Waals surface area contributed by atoms with Crippen LogP contribution in [0, 0.1) is 0 Å². The van der Waals surface area contributed by atoms with E-state index in [-0.39, 0.29) is 11.8 Å². The van der Waals surface area contributed by atoms with Crippen LogP contribution >= 0.6 is 11.3 Å². The van der Waals surface area contributed by atoms with E-state index in [2.05, 4.69) is 11.4 Å².